The molecule has 0 aliphatic carbocycles. The summed E-state index contributed by atoms with van der Waals surface area (Å²) in [6.45, 7) is 12.6. The number of benzene rings is 2. The summed E-state index contributed by atoms with van der Waals surface area (Å²) in [5.74, 6) is 5.34. The van der Waals surface area contributed by atoms with Gasteiger partial charge in [0.05, 0.1) is 5.69 Å². The molecule has 1 N–H and O–H groups in total. The van der Waals surface area contributed by atoms with Crippen molar-refractivity contribution in [2.24, 2.45) is 0 Å². The van der Waals surface area contributed by atoms with Crippen LogP contribution in [0.15, 0.2) is 30.8 Å². The average Bonchev–Trinajstić information content (AvgIpc) is 2.73. The minimum atomic E-state index is -0.0312. The normalized spacial score (nSPS) is 11.4. The second-order valence-corrected chi connectivity index (χ2v) is 7.36. The number of rotatable bonds is 9. The number of terminal acetylenes is 2. The monoisotopic (exact) mass is 385 g/mol. The van der Waals surface area contributed by atoms with Crippen LogP contribution in [0.4, 0.5) is 5.69 Å². The molecule has 2 nitrogen and oxygen atoms in total. The highest BCUT2D eigenvalue weighted by Crippen LogP contribution is 2.39. The molecule has 1 atom stereocenters. The Hall–Kier alpha value is -2.94. The molecule has 0 saturated heterocycles. The summed E-state index contributed by atoms with van der Waals surface area (Å²) < 4.78 is 0. The highest BCUT2D eigenvalue weighted by molar-refractivity contribution is 5.79. The van der Waals surface area contributed by atoms with E-state index in [1.54, 1.807) is 0 Å². The summed E-state index contributed by atoms with van der Waals surface area (Å²) in [7, 11) is 0. The SMILES string of the molecule is C#CCONc1cc(C)c(-c2ccc(C=C)c(CCCC)c2)c(C(C)C#C)c1C. The van der Waals surface area contributed by atoms with E-state index in [9.17, 15) is 0 Å². The van der Waals surface area contributed by atoms with Crippen molar-refractivity contribution in [1.29, 1.82) is 0 Å². The number of hydrogen-bond donors (Lipinski definition) is 1. The molecule has 0 bridgehead atoms. The summed E-state index contributed by atoms with van der Waals surface area (Å²) in [5.41, 5.74) is 12.2. The van der Waals surface area contributed by atoms with Crippen molar-refractivity contribution in [3.05, 3.63) is 58.7 Å². The average molecular weight is 386 g/mol. The number of hydrogen-bond acceptors (Lipinski definition) is 2. The molecule has 29 heavy (non-hydrogen) atoms. The highest BCUT2D eigenvalue weighted by Gasteiger charge is 2.19. The van der Waals surface area contributed by atoms with E-state index in [0.29, 0.717) is 0 Å². The van der Waals surface area contributed by atoms with Crippen LogP contribution in [0.1, 0.15) is 60.4 Å². The van der Waals surface area contributed by atoms with Crippen LogP contribution in [0.2, 0.25) is 0 Å². The molecule has 0 aliphatic heterocycles. The summed E-state index contributed by atoms with van der Waals surface area (Å²) in [6, 6.07) is 8.72. The van der Waals surface area contributed by atoms with Gasteiger partial charge in [-0.1, -0.05) is 56.0 Å². The Labute approximate surface area is 176 Å². The number of unbranched alkanes of at least 4 members (excludes halogenated alkanes) is 1. The van der Waals surface area contributed by atoms with E-state index in [0.717, 1.165) is 41.6 Å². The lowest BCUT2D eigenvalue weighted by Crippen LogP contribution is -2.08. The van der Waals surface area contributed by atoms with Gasteiger partial charge in [0, 0.05) is 5.92 Å². The standard InChI is InChI=1S/C27H31NO/c1-8-12-13-23-18-24(15-14-22(23)11-4)27-20(6)17-25(28-29-16-9-2)21(7)26(27)19(5)10-3/h2-3,11,14-15,17-19,28H,4,8,12-13,16H2,1,5-7H3. The van der Waals surface area contributed by atoms with Crippen molar-refractivity contribution in [2.45, 2.75) is 52.9 Å². The molecule has 0 radical (unpaired) electrons. The summed E-state index contributed by atoms with van der Waals surface area (Å²) in [6.07, 6.45) is 16.4. The van der Waals surface area contributed by atoms with Crippen molar-refractivity contribution in [2.75, 3.05) is 12.1 Å². The molecule has 0 aliphatic rings. The van der Waals surface area contributed by atoms with Crippen molar-refractivity contribution < 1.29 is 4.84 Å². The molecular weight excluding hydrogens is 354 g/mol. The van der Waals surface area contributed by atoms with Gasteiger partial charge >= 0.3 is 0 Å². The number of aryl methyl sites for hydroxylation is 2. The summed E-state index contributed by atoms with van der Waals surface area (Å²) >= 11 is 0. The molecule has 150 valence electrons. The Morgan fingerprint density at radius 3 is 2.62 bits per heavy atom. The minimum absolute atomic E-state index is 0.0312. The third-order valence-electron chi connectivity index (χ3n) is 5.30. The van der Waals surface area contributed by atoms with Gasteiger partial charge in [-0.2, -0.15) is 0 Å². The van der Waals surface area contributed by atoms with E-state index in [4.69, 9.17) is 17.7 Å². The first kappa shape index (κ1) is 22.4. The quantitative estimate of drug-likeness (QED) is 0.296. The molecule has 0 amide bonds. The zero-order chi connectivity index (χ0) is 21.4. The van der Waals surface area contributed by atoms with E-state index in [-0.39, 0.29) is 12.5 Å². The van der Waals surface area contributed by atoms with Gasteiger partial charge in [0.1, 0.15) is 6.61 Å². The molecule has 2 aromatic carbocycles. The predicted octanol–water partition coefficient (Wildman–Crippen LogP) is 6.67. The van der Waals surface area contributed by atoms with Crippen molar-refractivity contribution in [3.8, 4) is 35.8 Å². The molecule has 0 aromatic heterocycles. The lowest BCUT2D eigenvalue weighted by molar-refractivity contribution is 0.234. The van der Waals surface area contributed by atoms with Crippen LogP contribution < -0.4 is 5.48 Å². The van der Waals surface area contributed by atoms with E-state index in [1.165, 1.54) is 22.3 Å². The topological polar surface area (TPSA) is 21.3 Å². The van der Waals surface area contributed by atoms with Gasteiger partial charge in [-0.3, -0.25) is 10.3 Å². The molecule has 1 unspecified atom stereocenters. The van der Waals surface area contributed by atoms with Crippen molar-refractivity contribution in [3.63, 3.8) is 0 Å². The zero-order valence-electron chi connectivity index (χ0n) is 18.1. The fourth-order valence-corrected chi connectivity index (χ4v) is 3.76. The lowest BCUT2D eigenvalue weighted by atomic mass is 9.83. The zero-order valence-corrected chi connectivity index (χ0v) is 18.1. The Bertz CT molecular complexity index is 956. The van der Waals surface area contributed by atoms with Gasteiger partial charge in [-0.25, -0.2) is 0 Å². The van der Waals surface area contributed by atoms with E-state index in [1.807, 2.05) is 6.08 Å². The molecule has 0 heterocycles. The van der Waals surface area contributed by atoms with Crippen LogP contribution in [0.3, 0.4) is 0 Å². The highest BCUT2D eigenvalue weighted by atomic mass is 16.6. The first-order chi connectivity index (χ1) is 14.0. The summed E-state index contributed by atoms with van der Waals surface area (Å²) in [4.78, 5) is 5.36. The third-order valence-corrected chi connectivity index (χ3v) is 5.30. The maximum atomic E-state index is 5.84. The Morgan fingerprint density at radius 2 is 2.00 bits per heavy atom. The van der Waals surface area contributed by atoms with Crippen LogP contribution in [0, 0.1) is 38.5 Å². The van der Waals surface area contributed by atoms with E-state index >= 15 is 0 Å². The Balaban J connectivity index is 2.65. The van der Waals surface area contributed by atoms with Crippen LogP contribution in [0.25, 0.3) is 17.2 Å². The lowest BCUT2D eigenvalue weighted by Gasteiger charge is -2.22. The van der Waals surface area contributed by atoms with Gasteiger partial charge in [0.15, 0.2) is 0 Å². The molecule has 2 rings (SSSR count). The molecule has 0 fully saturated rings. The molecule has 0 spiro atoms. The van der Waals surface area contributed by atoms with Gasteiger partial charge in [0.2, 0.25) is 0 Å². The minimum Gasteiger partial charge on any atom is -0.266 e. The van der Waals surface area contributed by atoms with Gasteiger partial charge in [-0.05, 0) is 78.6 Å². The molecule has 0 saturated carbocycles. The van der Waals surface area contributed by atoms with Crippen molar-refractivity contribution in [1.82, 2.24) is 0 Å². The van der Waals surface area contributed by atoms with Crippen LogP contribution in [-0.2, 0) is 11.3 Å². The Morgan fingerprint density at radius 1 is 1.24 bits per heavy atom. The fourth-order valence-electron chi connectivity index (χ4n) is 3.76. The van der Waals surface area contributed by atoms with Gasteiger partial charge in [-0.15, -0.1) is 12.8 Å². The smallest absolute Gasteiger partial charge is 0.135 e. The Kier molecular flexibility index (Phi) is 8.14. The maximum absolute atomic E-state index is 5.84. The first-order valence-electron chi connectivity index (χ1n) is 10.2. The molecular formula is C27H31NO. The summed E-state index contributed by atoms with van der Waals surface area (Å²) in [5, 5.41) is 0. The van der Waals surface area contributed by atoms with E-state index in [2.05, 4.69) is 75.9 Å². The van der Waals surface area contributed by atoms with Gasteiger partial charge < -0.3 is 0 Å². The first-order valence-corrected chi connectivity index (χ1v) is 10.2. The maximum Gasteiger partial charge on any atom is 0.135 e. The predicted molar refractivity (Wildman–Crippen MR) is 126 cm³/mol. The fraction of sp³-hybridized carbons (Fsp3) is 0.333. The number of nitrogens with one attached hydrogen (secondary N) is 1. The second kappa shape index (κ2) is 10.6. The van der Waals surface area contributed by atoms with Crippen LogP contribution in [-0.4, -0.2) is 6.61 Å². The molecule has 2 heteroatoms. The second-order valence-electron chi connectivity index (χ2n) is 7.36. The van der Waals surface area contributed by atoms with Crippen LogP contribution >= 0.6 is 0 Å². The molecule has 2 aromatic rings. The third kappa shape index (κ3) is 5.11. The van der Waals surface area contributed by atoms with Gasteiger partial charge in [0.25, 0.3) is 0 Å². The number of anilines is 1. The van der Waals surface area contributed by atoms with E-state index < -0.39 is 0 Å². The van der Waals surface area contributed by atoms with Crippen LogP contribution in [0.5, 0.6) is 0 Å². The van der Waals surface area contributed by atoms with Crippen molar-refractivity contribution >= 4 is 11.8 Å². The largest absolute Gasteiger partial charge is 0.266 e.